The van der Waals surface area contributed by atoms with Gasteiger partial charge in [-0.15, -0.1) is 0 Å². The Hall–Kier alpha value is -3.16. The van der Waals surface area contributed by atoms with Gasteiger partial charge >= 0.3 is 12.1 Å². The van der Waals surface area contributed by atoms with Gasteiger partial charge in [-0.1, -0.05) is 12.1 Å². The van der Waals surface area contributed by atoms with E-state index in [9.17, 15) is 18.4 Å². The molecule has 2 aromatic carbocycles. The molecular weight excluding hydrogens is 380 g/mol. The maximum Gasteiger partial charge on any atom is 0.411 e. The molecular formula is C21H23F2N3O3. The summed E-state index contributed by atoms with van der Waals surface area (Å²) in [6.07, 6.45) is 2.46. The van der Waals surface area contributed by atoms with E-state index in [-0.39, 0.29) is 18.7 Å². The second-order valence-electron chi connectivity index (χ2n) is 6.84. The first-order valence-corrected chi connectivity index (χ1v) is 9.54. The van der Waals surface area contributed by atoms with Gasteiger partial charge in [0, 0.05) is 30.4 Å². The van der Waals surface area contributed by atoms with Gasteiger partial charge in [-0.05, 0) is 55.7 Å². The zero-order chi connectivity index (χ0) is 20.6. The summed E-state index contributed by atoms with van der Waals surface area (Å²) in [5.74, 6) is -0.874. The Kier molecular flexibility index (Phi) is 6.99. The highest BCUT2D eigenvalue weighted by Crippen LogP contribution is 2.21. The second kappa shape index (κ2) is 9.86. The van der Waals surface area contributed by atoms with Crippen molar-refractivity contribution >= 4 is 23.5 Å². The van der Waals surface area contributed by atoms with E-state index in [4.69, 9.17) is 4.74 Å². The van der Waals surface area contributed by atoms with E-state index in [0.29, 0.717) is 24.3 Å². The van der Waals surface area contributed by atoms with Crippen LogP contribution in [0.15, 0.2) is 48.5 Å². The summed E-state index contributed by atoms with van der Waals surface area (Å²) >= 11 is 0. The Morgan fingerprint density at radius 3 is 2.31 bits per heavy atom. The van der Waals surface area contributed by atoms with Crippen molar-refractivity contribution in [2.24, 2.45) is 0 Å². The number of halogens is 2. The average molecular weight is 403 g/mol. The third-order valence-electron chi connectivity index (χ3n) is 4.72. The fourth-order valence-corrected chi connectivity index (χ4v) is 3.34. The number of ether oxygens (including phenoxy) is 1. The minimum atomic E-state index is -0.679. The Morgan fingerprint density at radius 1 is 1.00 bits per heavy atom. The molecule has 2 aromatic rings. The van der Waals surface area contributed by atoms with Crippen molar-refractivity contribution in [1.82, 2.24) is 4.90 Å². The van der Waals surface area contributed by atoms with Crippen LogP contribution < -0.4 is 10.6 Å². The maximum atomic E-state index is 13.3. The highest BCUT2D eigenvalue weighted by atomic mass is 19.1. The third-order valence-corrected chi connectivity index (χ3v) is 4.72. The molecule has 3 amide bonds. The summed E-state index contributed by atoms with van der Waals surface area (Å²) in [4.78, 5) is 26.2. The Morgan fingerprint density at radius 2 is 1.66 bits per heavy atom. The van der Waals surface area contributed by atoms with Crippen LogP contribution in [-0.4, -0.2) is 36.2 Å². The van der Waals surface area contributed by atoms with Crippen LogP contribution in [0.25, 0.3) is 0 Å². The number of piperidine rings is 1. The van der Waals surface area contributed by atoms with E-state index >= 15 is 0 Å². The molecule has 1 atom stereocenters. The van der Waals surface area contributed by atoms with Gasteiger partial charge in [0.2, 0.25) is 0 Å². The van der Waals surface area contributed by atoms with Crippen molar-refractivity contribution in [1.29, 1.82) is 0 Å². The Labute approximate surface area is 167 Å². The zero-order valence-electron chi connectivity index (χ0n) is 15.9. The number of benzene rings is 2. The summed E-state index contributed by atoms with van der Waals surface area (Å²) < 4.78 is 31.6. The number of likely N-dealkylation sites (tertiary alicyclic amines) is 1. The molecule has 29 heavy (non-hydrogen) atoms. The van der Waals surface area contributed by atoms with Crippen LogP contribution in [0.4, 0.5) is 29.7 Å². The summed E-state index contributed by atoms with van der Waals surface area (Å²) in [6, 6.07) is 10.9. The van der Waals surface area contributed by atoms with Crippen LogP contribution in [0.1, 0.15) is 25.7 Å². The standard InChI is InChI=1S/C21H23F2N3O3/c22-15-5-3-7-17(13-15)24-20(27)26-11-2-1-9-19(26)10-12-29-21(28)25-18-8-4-6-16(23)14-18/h3-8,13-14,19H,1-2,9-12H2,(H,24,27)(H,25,28)/t19-/m1/s1. The Balaban J connectivity index is 1.49. The average Bonchev–Trinajstić information content (AvgIpc) is 2.68. The monoisotopic (exact) mass is 403 g/mol. The van der Waals surface area contributed by atoms with E-state index in [2.05, 4.69) is 10.6 Å². The molecule has 2 N–H and O–H groups in total. The number of hydrogen-bond donors (Lipinski definition) is 2. The first-order chi connectivity index (χ1) is 14.0. The maximum absolute atomic E-state index is 13.3. The molecule has 1 saturated heterocycles. The van der Waals surface area contributed by atoms with Gasteiger partial charge in [-0.25, -0.2) is 18.4 Å². The zero-order valence-corrected chi connectivity index (χ0v) is 15.9. The fourth-order valence-electron chi connectivity index (χ4n) is 3.34. The molecule has 0 aliphatic carbocycles. The van der Waals surface area contributed by atoms with E-state index in [1.807, 2.05) is 0 Å². The minimum Gasteiger partial charge on any atom is -0.449 e. The smallest absolute Gasteiger partial charge is 0.411 e. The van der Waals surface area contributed by atoms with E-state index < -0.39 is 17.7 Å². The van der Waals surface area contributed by atoms with Gasteiger partial charge < -0.3 is 15.0 Å². The minimum absolute atomic E-state index is 0.0840. The summed E-state index contributed by atoms with van der Waals surface area (Å²) in [5, 5.41) is 5.17. The highest BCUT2D eigenvalue weighted by Gasteiger charge is 2.27. The van der Waals surface area contributed by atoms with Crippen LogP contribution in [0, 0.1) is 11.6 Å². The summed E-state index contributed by atoms with van der Waals surface area (Å²) in [6.45, 7) is 0.705. The molecule has 1 aliphatic heterocycles. The normalized spacial score (nSPS) is 16.2. The lowest BCUT2D eigenvalue weighted by atomic mass is 10.00. The molecule has 0 radical (unpaired) electrons. The lowest BCUT2D eigenvalue weighted by Crippen LogP contribution is -2.46. The number of anilines is 2. The van der Waals surface area contributed by atoms with Crippen molar-refractivity contribution in [2.45, 2.75) is 31.7 Å². The number of urea groups is 1. The number of rotatable bonds is 5. The van der Waals surface area contributed by atoms with E-state index in [1.165, 1.54) is 36.4 Å². The van der Waals surface area contributed by atoms with Gasteiger partial charge in [0.1, 0.15) is 11.6 Å². The predicted molar refractivity (Wildman–Crippen MR) is 106 cm³/mol. The number of hydrogen-bond acceptors (Lipinski definition) is 3. The number of carbonyl (C=O) groups excluding carboxylic acids is 2. The SMILES string of the molecule is O=C(Nc1cccc(F)c1)OCC[C@H]1CCCCN1C(=O)Nc1cccc(F)c1. The molecule has 0 aromatic heterocycles. The molecule has 6 nitrogen and oxygen atoms in total. The first-order valence-electron chi connectivity index (χ1n) is 9.54. The molecule has 0 saturated carbocycles. The van der Waals surface area contributed by atoms with Crippen molar-refractivity contribution in [3.8, 4) is 0 Å². The first kappa shape index (κ1) is 20.6. The molecule has 1 heterocycles. The molecule has 3 rings (SSSR count). The third kappa shape index (κ3) is 6.17. The fraction of sp³-hybridized carbons (Fsp3) is 0.333. The highest BCUT2D eigenvalue weighted by molar-refractivity contribution is 5.89. The molecule has 0 spiro atoms. The van der Waals surface area contributed by atoms with Crippen molar-refractivity contribution in [3.63, 3.8) is 0 Å². The molecule has 8 heteroatoms. The summed E-state index contributed by atoms with van der Waals surface area (Å²) in [5.41, 5.74) is 0.703. The molecule has 1 aliphatic rings. The van der Waals surface area contributed by atoms with Crippen LogP contribution >= 0.6 is 0 Å². The van der Waals surface area contributed by atoms with Gasteiger partial charge in [-0.3, -0.25) is 5.32 Å². The van der Waals surface area contributed by atoms with Crippen molar-refractivity contribution in [2.75, 3.05) is 23.8 Å². The Bertz CT molecular complexity index is 863. The van der Waals surface area contributed by atoms with Crippen LogP contribution in [0.5, 0.6) is 0 Å². The number of nitrogens with one attached hydrogen (secondary N) is 2. The number of carbonyl (C=O) groups is 2. The van der Waals surface area contributed by atoms with E-state index in [0.717, 1.165) is 19.3 Å². The van der Waals surface area contributed by atoms with Crippen LogP contribution in [-0.2, 0) is 4.74 Å². The molecule has 1 fully saturated rings. The number of nitrogens with zero attached hydrogens (tertiary/aromatic N) is 1. The van der Waals surface area contributed by atoms with E-state index in [1.54, 1.807) is 17.0 Å². The molecule has 0 unspecified atom stereocenters. The predicted octanol–water partition coefficient (Wildman–Crippen LogP) is 4.99. The number of amides is 3. The summed E-state index contributed by atoms with van der Waals surface area (Å²) in [7, 11) is 0. The van der Waals surface area contributed by atoms with Crippen molar-refractivity contribution < 1.29 is 23.1 Å². The van der Waals surface area contributed by atoms with Gasteiger partial charge in [-0.2, -0.15) is 0 Å². The topological polar surface area (TPSA) is 70.7 Å². The lowest BCUT2D eigenvalue weighted by Gasteiger charge is -2.35. The lowest BCUT2D eigenvalue weighted by molar-refractivity contribution is 0.123. The molecule has 0 bridgehead atoms. The van der Waals surface area contributed by atoms with Crippen LogP contribution in [0.3, 0.4) is 0 Å². The van der Waals surface area contributed by atoms with Gasteiger partial charge in [0.05, 0.1) is 6.61 Å². The van der Waals surface area contributed by atoms with Gasteiger partial charge in [0.15, 0.2) is 0 Å². The van der Waals surface area contributed by atoms with Crippen molar-refractivity contribution in [3.05, 3.63) is 60.2 Å². The second-order valence-corrected chi connectivity index (χ2v) is 6.84. The largest absolute Gasteiger partial charge is 0.449 e. The molecule has 154 valence electrons. The van der Waals surface area contributed by atoms with Gasteiger partial charge in [0.25, 0.3) is 0 Å². The van der Waals surface area contributed by atoms with Crippen LogP contribution in [0.2, 0.25) is 0 Å². The quantitative estimate of drug-likeness (QED) is 0.739.